The minimum absolute atomic E-state index is 0.697. The molecular weight excluding hydrogens is 625 g/mol. The maximum absolute atomic E-state index is 6.50. The maximum atomic E-state index is 6.50. The van der Waals surface area contributed by atoms with Gasteiger partial charge in [0.25, 0.3) is 0 Å². The van der Waals surface area contributed by atoms with Crippen LogP contribution in [-0.4, -0.2) is 18.0 Å². The highest BCUT2D eigenvalue weighted by Gasteiger charge is 2.43. The van der Waals surface area contributed by atoms with Gasteiger partial charge >= 0.3 is 0 Å². The summed E-state index contributed by atoms with van der Waals surface area (Å²) in [5.41, 5.74) is 6.67. The average molecular weight is 657 g/mol. The molecule has 0 radical (unpaired) electrons. The van der Waals surface area contributed by atoms with Crippen molar-refractivity contribution >= 4 is 50.8 Å². The predicted molar refractivity (Wildman–Crippen MR) is 209 cm³/mol. The van der Waals surface area contributed by atoms with Crippen LogP contribution in [0.5, 0.6) is 0 Å². The smallest absolute Gasteiger partial charge is 0.180 e. The van der Waals surface area contributed by atoms with Gasteiger partial charge in [0.2, 0.25) is 0 Å². The fraction of sp³-hybridized carbons (Fsp3) is 0. The van der Waals surface area contributed by atoms with Crippen molar-refractivity contribution in [2.24, 2.45) is 0 Å². The van der Waals surface area contributed by atoms with Crippen LogP contribution in [0, 0.1) is 0 Å². The molecule has 0 N–H and O–H groups in total. The van der Waals surface area contributed by atoms with E-state index in [9.17, 15) is 0 Å². The van der Waals surface area contributed by atoms with Crippen LogP contribution in [0.15, 0.2) is 199 Å². The normalized spacial score (nSPS) is 11.6. The van der Waals surface area contributed by atoms with Gasteiger partial charge in [-0.1, -0.05) is 176 Å². The fourth-order valence-corrected chi connectivity index (χ4v) is 12.4. The van der Waals surface area contributed by atoms with E-state index in [-0.39, 0.29) is 0 Å². The van der Waals surface area contributed by atoms with Gasteiger partial charge in [0.1, 0.15) is 11.2 Å². The topological polar surface area (TPSA) is 38.9 Å². The zero-order valence-corrected chi connectivity index (χ0v) is 28.3. The van der Waals surface area contributed by atoms with E-state index in [0.29, 0.717) is 5.82 Å². The minimum Gasteiger partial charge on any atom is -0.456 e. The van der Waals surface area contributed by atoms with Crippen LogP contribution in [0.4, 0.5) is 0 Å². The number of nitrogens with zero attached hydrogens (tertiary/aromatic N) is 2. The van der Waals surface area contributed by atoms with Crippen molar-refractivity contribution in [3.05, 3.63) is 194 Å². The van der Waals surface area contributed by atoms with Gasteiger partial charge in [-0.3, -0.25) is 0 Å². The highest BCUT2D eigenvalue weighted by molar-refractivity contribution is 7.20. The Labute approximate surface area is 292 Å². The van der Waals surface area contributed by atoms with Crippen LogP contribution in [0.2, 0.25) is 0 Å². The number of furan rings is 1. The standard InChI is InChI=1S/C46H32N2OSi/c1-5-17-33(18-6-1)40-32-41(34-19-7-2-8-20-34)48-46(47-40)35-21-15-26-38(31-35)50(36-22-9-3-10-23-36,37-24-11-4-12-25-37)44-30-16-29-43-45(44)39-27-13-14-28-42(39)49-43/h1-32H. The number of fused-ring (bicyclic) bond motifs is 3. The monoisotopic (exact) mass is 656 g/mol. The third kappa shape index (κ3) is 5.05. The molecule has 2 aromatic heterocycles. The van der Waals surface area contributed by atoms with Gasteiger partial charge in [0.15, 0.2) is 13.9 Å². The minimum atomic E-state index is -2.98. The first-order valence-electron chi connectivity index (χ1n) is 16.9. The summed E-state index contributed by atoms with van der Waals surface area (Å²) in [6.07, 6.45) is 0. The second-order valence-corrected chi connectivity index (χ2v) is 16.3. The van der Waals surface area contributed by atoms with E-state index in [2.05, 4.69) is 176 Å². The summed E-state index contributed by atoms with van der Waals surface area (Å²) in [6, 6.07) is 68.8. The molecule has 0 unspecified atom stereocenters. The summed E-state index contributed by atoms with van der Waals surface area (Å²) in [4.78, 5) is 10.4. The molecule has 0 amide bonds. The molecule has 0 aliphatic rings. The van der Waals surface area contributed by atoms with Crippen molar-refractivity contribution in [2.45, 2.75) is 0 Å². The number of hydrogen-bond donors (Lipinski definition) is 0. The molecule has 0 spiro atoms. The summed E-state index contributed by atoms with van der Waals surface area (Å²) in [5, 5.41) is 7.43. The first-order valence-corrected chi connectivity index (χ1v) is 18.9. The third-order valence-corrected chi connectivity index (χ3v) is 14.4. The van der Waals surface area contributed by atoms with E-state index in [1.807, 2.05) is 18.2 Å². The van der Waals surface area contributed by atoms with Crippen molar-refractivity contribution in [1.82, 2.24) is 9.97 Å². The second-order valence-electron chi connectivity index (χ2n) is 12.5. The van der Waals surface area contributed by atoms with Crippen molar-refractivity contribution in [3.8, 4) is 33.9 Å². The summed E-state index contributed by atoms with van der Waals surface area (Å²) in [6.45, 7) is 0. The molecule has 0 aliphatic heterocycles. The van der Waals surface area contributed by atoms with Gasteiger partial charge in [-0.05, 0) is 38.9 Å². The van der Waals surface area contributed by atoms with Gasteiger partial charge < -0.3 is 4.42 Å². The highest BCUT2D eigenvalue weighted by atomic mass is 28.3. The Morgan fingerprint density at radius 3 is 1.48 bits per heavy atom. The van der Waals surface area contributed by atoms with Gasteiger partial charge in [0.05, 0.1) is 11.4 Å². The molecule has 0 saturated heterocycles. The first-order chi connectivity index (χ1) is 24.8. The molecule has 0 bridgehead atoms. The van der Waals surface area contributed by atoms with Crippen LogP contribution >= 0.6 is 0 Å². The molecule has 4 heteroatoms. The molecule has 9 rings (SSSR count). The van der Waals surface area contributed by atoms with E-state index >= 15 is 0 Å². The molecule has 9 aromatic rings. The Morgan fingerprint density at radius 2 is 0.860 bits per heavy atom. The average Bonchev–Trinajstić information content (AvgIpc) is 3.59. The summed E-state index contributed by atoms with van der Waals surface area (Å²) in [7, 11) is -2.98. The number of aromatic nitrogens is 2. The van der Waals surface area contributed by atoms with E-state index < -0.39 is 8.07 Å². The van der Waals surface area contributed by atoms with Gasteiger partial charge in [-0.2, -0.15) is 0 Å². The fourth-order valence-electron chi connectivity index (χ4n) is 7.41. The maximum Gasteiger partial charge on any atom is 0.180 e. The van der Waals surface area contributed by atoms with Crippen molar-refractivity contribution in [1.29, 1.82) is 0 Å². The highest BCUT2D eigenvalue weighted by Crippen LogP contribution is 2.30. The van der Waals surface area contributed by atoms with E-state index in [1.165, 1.54) is 26.1 Å². The Bertz CT molecular complexity index is 2490. The quantitative estimate of drug-likeness (QED) is 0.127. The van der Waals surface area contributed by atoms with E-state index in [1.54, 1.807) is 0 Å². The third-order valence-electron chi connectivity index (χ3n) is 9.64. The van der Waals surface area contributed by atoms with Crippen LogP contribution in [0.3, 0.4) is 0 Å². The first kappa shape index (κ1) is 29.8. The molecule has 236 valence electrons. The molecule has 2 heterocycles. The number of para-hydroxylation sites is 1. The summed E-state index contributed by atoms with van der Waals surface area (Å²) < 4.78 is 6.50. The lowest BCUT2D eigenvalue weighted by Crippen LogP contribution is -2.74. The van der Waals surface area contributed by atoms with Gasteiger partial charge in [-0.15, -0.1) is 0 Å². The number of benzene rings is 7. The number of hydrogen-bond acceptors (Lipinski definition) is 3. The van der Waals surface area contributed by atoms with E-state index in [0.717, 1.165) is 44.6 Å². The predicted octanol–water partition coefficient (Wildman–Crippen LogP) is 8.75. The molecule has 0 aliphatic carbocycles. The lowest BCUT2D eigenvalue weighted by Gasteiger charge is -2.35. The lowest BCUT2D eigenvalue weighted by molar-refractivity contribution is 0.669. The van der Waals surface area contributed by atoms with Crippen molar-refractivity contribution in [3.63, 3.8) is 0 Å². The van der Waals surface area contributed by atoms with Crippen LogP contribution in [0.25, 0.3) is 55.8 Å². The molecule has 50 heavy (non-hydrogen) atoms. The van der Waals surface area contributed by atoms with Crippen molar-refractivity contribution in [2.75, 3.05) is 0 Å². The molecule has 0 saturated carbocycles. The summed E-state index contributed by atoms with van der Waals surface area (Å²) in [5.74, 6) is 0.697. The Morgan fingerprint density at radius 1 is 0.380 bits per heavy atom. The SMILES string of the molecule is c1ccc(-c2cc(-c3ccccc3)nc(-c3cccc([Si](c4ccccc4)(c4ccccc4)c4cccc5oc6ccccc6c45)c3)n2)cc1. The number of rotatable bonds is 7. The molecule has 3 nitrogen and oxygen atoms in total. The Hall–Kier alpha value is -6.36. The zero-order valence-electron chi connectivity index (χ0n) is 27.3. The zero-order chi connectivity index (χ0) is 33.3. The lowest BCUT2D eigenvalue weighted by atomic mass is 10.1. The van der Waals surface area contributed by atoms with Gasteiger partial charge in [0, 0.05) is 27.5 Å². The largest absolute Gasteiger partial charge is 0.456 e. The van der Waals surface area contributed by atoms with Crippen LogP contribution < -0.4 is 20.7 Å². The summed E-state index contributed by atoms with van der Waals surface area (Å²) >= 11 is 0. The van der Waals surface area contributed by atoms with Crippen LogP contribution in [0.1, 0.15) is 0 Å². The second kappa shape index (κ2) is 12.6. The van der Waals surface area contributed by atoms with Crippen LogP contribution in [-0.2, 0) is 0 Å². The van der Waals surface area contributed by atoms with E-state index in [4.69, 9.17) is 14.4 Å². The van der Waals surface area contributed by atoms with Crippen molar-refractivity contribution < 1.29 is 4.42 Å². The molecule has 0 fully saturated rings. The molecule has 0 atom stereocenters. The molecular formula is C46H32N2OSi. The van der Waals surface area contributed by atoms with Gasteiger partial charge in [-0.25, -0.2) is 9.97 Å². The Balaban J connectivity index is 1.35. The Kier molecular flexibility index (Phi) is 7.49. The molecule has 7 aromatic carbocycles.